The fourth-order valence-electron chi connectivity index (χ4n) is 3.40. The molecule has 7 heteroatoms. The summed E-state index contributed by atoms with van der Waals surface area (Å²) in [6, 6.07) is 12.9. The molecule has 0 saturated heterocycles. The van der Waals surface area contributed by atoms with E-state index in [1.54, 1.807) is 28.8 Å². The molecule has 2 aromatic carbocycles. The third-order valence-corrected chi connectivity index (χ3v) is 6.72. The number of aryl methyl sites for hydroxylation is 1. The molecule has 0 radical (unpaired) electrons. The number of halogens is 2. The number of hydrogen-bond acceptors (Lipinski definition) is 3. The van der Waals surface area contributed by atoms with E-state index in [0.29, 0.717) is 23.0 Å². The zero-order chi connectivity index (χ0) is 23.5. The van der Waals surface area contributed by atoms with Gasteiger partial charge in [0.15, 0.2) is 0 Å². The van der Waals surface area contributed by atoms with E-state index >= 15 is 0 Å². The molecule has 1 atom stereocenters. The van der Waals surface area contributed by atoms with Crippen LogP contribution in [-0.4, -0.2) is 35.1 Å². The van der Waals surface area contributed by atoms with E-state index < -0.39 is 6.04 Å². The predicted octanol–water partition coefficient (Wildman–Crippen LogP) is 6.26. The van der Waals surface area contributed by atoms with Gasteiger partial charge in [0.2, 0.25) is 11.8 Å². The minimum absolute atomic E-state index is 0.0776. The number of carbonyl (C=O) groups excluding carboxylic acids is 2. The van der Waals surface area contributed by atoms with E-state index in [-0.39, 0.29) is 24.1 Å². The molecule has 0 saturated carbocycles. The Morgan fingerprint density at radius 2 is 1.91 bits per heavy atom. The molecule has 0 heterocycles. The number of hydrogen-bond donors (Lipinski definition) is 1. The fraction of sp³-hybridized carbons (Fsp3) is 0.440. The highest BCUT2D eigenvalue weighted by atomic mass is 35.5. The zero-order valence-corrected chi connectivity index (χ0v) is 21.3. The third kappa shape index (κ3) is 8.34. The average Bonchev–Trinajstić information content (AvgIpc) is 2.75. The molecule has 0 aliphatic rings. The molecule has 0 bridgehead atoms. The Labute approximate surface area is 206 Å². The highest BCUT2D eigenvalue weighted by molar-refractivity contribution is 7.99. The quantitative estimate of drug-likeness (QED) is 0.354. The summed E-state index contributed by atoms with van der Waals surface area (Å²) in [6.07, 6.45) is 2.43. The molecule has 0 aromatic heterocycles. The zero-order valence-electron chi connectivity index (χ0n) is 19.0. The maximum atomic E-state index is 13.3. The van der Waals surface area contributed by atoms with Crippen LogP contribution < -0.4 is 5.32 Å². The highest BCUT2D eigenvalue weighted by Gasteiger charge is 2.28. The van der Waals surface area contributed by atoms with Gasteiger partial charge in [-0.3, -0.25) is 9.59 Å². The van der Waals surface area contributed by atoms with Crippen LogP contribution in [0.5, 0.6) is 0 Å². The van der Waals surface area contributed by atoms with Crippen LogP contribution in [0.25, 0.3) is 0 Å². The van der Waals surface area contributed by atoms with Crippen LogP contribution in [0.4, 0.5) is 0 Å². The molecule has 0 fully saturated rings. The second kappa shape index (κ2) is 13.8. The highest BCUT2D eigenvalue weighted by Crippen LogP contribution is 2.24. The number of amides is 2. The van der Waals surface area contributed by atoms with E-state index in [1.807, 2.05) is 19.1 Å². The molecule has 0 spiro atoms. The maximum Gasteiger partial charge on any atom is 0.242 e. The minimum atomic E-state index is -0.550. The van der Waals surface area contributed by atoms with Crippen LogP contribution in [-0.2, 0) is 21.9 Å². The van der Waals surface area contributed by atoms with Crippen molar-refractivity contribution in [1.29, 1.82) is 0 Å². The predicted molar refractivity (Wildman–Crippen MR) is 136 cm³/mol. The standard InChI is InChI=1S/C25H32Cl2N2O2S/c1-4-6-12-28-25(31)23(5-2)29(15-20-10-11-21(26)14-22(20)27)24(30)17-32-16-19-9-7-8-18(3)13-19/h7-11,13-14,23H,4-6,12,15-17H2,1-3H3,(H,28,31). The Morgan fingerprint density at radius 3 is 2.56 bits per heavy atom. The van der Waals surface area contributed by atoms with Gasteiger partial charge in [0.05, 0.1) is 5.75 Å². The summed E-state index contributed by atoms with van der Waals surface area (Å²) in [5, 5.41) is 4.00. The van der Waals surface area contributed by atoms with Crippen LogP contribution in [0.1, 0.15) is 49.8 Å². The van der Waals surface area contributed by atoms with E-state index in [2.05, 4.69) is 37.4 Å². The van der Waals surface area contributed by atoms with Crippen molar-refractivity contribution in [3.63, 3.8) is 0 Å². The van der Waals surface area contributed by atoms with Gasteiger partial charge < -0.3 is 10.2 Å². The van der Waals surface area contributed by atoms with Crippen LogP contribution in [0.15, 0.2) is 42.5 Å². The number of benzene rings is 2. The summed E-state index contributed by atoms with van der Waals surface area (Å²) in [5.74, 6) is 0.828. The van der Waals surface area contributed by atoms with Crippen molar-refractivity contribution >= 4 is 46.8 Å². The summed E-state index contributed by atoms with van der Waals surface area (Å²) >= 11 is 14.0. The first kappa shape index (κ1) is 26.6. The monoisotopic (exact) mass is 494 g/mol. The van der Waals surface area contributed by atoms with E-state index in [9.17, 15) is 9.59 Å². The number of nitrogens with zero attached hydrogens (tertiary/aromatic N) is 1. The molecule has 2 amide bonds. The van der Waals surface area contributed by atoms with Crippen LogP contribution in [0.2, 0.25) is 10.0 Å². The Bertz CT molecular complexity index is 907. The molecule has 1 unspecified atom stereocenters. The number of unbranched alkanes of at least 4 members (excludes halogenated alkanes) is 1. The summed E-state index contributed by atoms with van der Waals surface area (Å²) in [4.78, 5) is 27.8. The lowest BCUT2D eigenvalue weighted by Gasteiger charge is -2.31. The first-order valence-corrected chi connectivity index (χ1v) is 12.9. The van der Waals surface area contributed by atoms with Crippen molar-refractivity contribution in [3.05, 3.63) is 69.2 Å². The fourth-order valence-corrected chi connectivity index (χ4v) is 4.73. The first-order valence-electron chi connectivity index (χ1n) is 11.0. The van der Waals surface area contributed by atoms with Gasteiger partial charge in [-0.05, 0) is 43.0 Å². The summed E-state index contributed by atoms with van der Waals surface area (Å²) in [6.45, 7) is 6.93. The molecule has 0 aliphatic heterocycles. The maximum absolute atomic E-state index is 13.3. The van der Waals surface area contributed by atoms with Gasteiger partial charge in [-0.25, -0.2) is 0 Å². The van der Waals surface area contributed by atoms with Crippen molar-refractivity contribution < 1.29 is 9.59 Å². The topological polar surface area (TPSA) is 49.4 Å². The van der Waals surface area contributed by atoms with Crippen molar-refractivity contribution in [2.24, 2.45) is 0 Å². The lowest BCUT2D eigenvalue weighted by Crippen LogP contribution is -2.49. The number of carbonyl (C=O) groups is 2. The summed E-state index contributed by atoms with van der Waals surface area (Å²) < 4.78 is 0. The van der Waals surface area contributed by atoms with Gasteiger partial charge in [0, 0.05) is 28.9 Å². The normalized spacial score (nSPS) is 11.8. The molecule has 2 aromatic rings. The Balaban J connectivity index is 2.15. The number of thioether (sulfide) groups is 1. The summed E-state index contributed by atoms with van der Waals surface area (Å²) in [7, 11) is 0. The Kier molecular flexibility index (Phi) is 11.4. The largest absolute Gasteiger partial charge is 0.354 e. The van der Waals surface area contributed by atoms with Crippen molar-refractivity contribution in [2.75, 3.05) is 12.3 Å². The Hall–Kier alpha value is -1.69. The van der Waals surface area contributed by atoms with Gasteiger partial charge in [0.1, 0.15) is 6.04 Å². The van der Waals surface area contributed by atoms with Gasteiger partial charge in [0.25, 0.3) is 0 Å². The second-order valence-electron chi connectivity index (χ2n) is 7.81. The first-order chi connectivity index (χ1) is 15.3. The molecular formula is C25H32Cl2N2O2S. The molecule has 32 heavy (non-hydrogen) atoms. The van der Waals surface area contributed by atoms with Crippen molar-refractivity contribution in [2.45, 2.75) is 58.4 Å². The van der Waals surface area contributed by atoms with Gasteiger partial charge in [-0.15, -0.1) is 11.8 Å². The lowest BCUT2D eigenvalue weighted by atomic mass is 10.1. The van der Waals surface area contributed by atoms with E-state index in [0.717, 1.165) is 24.2 Å². The van der Waals surface area contributed by atoms with Crippen LogP contribution in [0, 0.1) is 6.92 Å². The van der Waals surface area contributed by atoms with Gasteiger partial charge in [-0.2, -0.15) is 0 Å². The smallest absolute Gasteiger partial charge is 0.242 e. The number of rotatable bonds is 12. The molecule has 1 N–H and O–H groups in total. The molecule has 4 nitrogen and oxygen atoms in total. The molecule has 2 rings (SSSR count). The molecular weight excluding hydrogens is 463 g/mol. The van der Waals surface area contributed by atoms with Crippen molar-refractivity contribution in [3.8, 4) is 0 Å². The SMILES string of the molecule is CCCCNC(=O)C(CC)N(Cc1ccc(Cl)cc1Cl)C(=O)CSCc1cccc(C)c1. The molecule has 0 aliphatic carbocycles. The minimum Gasteiger partial charge on any atom is -0.354 e. The van der Waals surface area contributed by atoms with Gasteiger partial charge >= 0.3 is 0 Å². The van der Waals surface area contributed by atoms with E-state index in [1.165, 1.54) is 11.1 Å². The Morgan fingerprint density at radius 1 is 1.12 bits per heavy atom. The number of nitrogens with one attached hydrogen (secondary N) is 1. The van der Waals surface area contributed by atoms with Crippen LogP contribution in [0.3, 0.4) is 0 Å². The van der Waals surface area contributed by atoms with Crippen molar-refractivity contribution in [1.82, 2.24) is 10.2 Å². The third-order valence-electron chi connectivity index (χ3n) is 5.15. The molecule has 174 valence electrons. The van der Waals surface area contributed by atoms with E-state index in [4.69, 9.17) is 23.2 Å². The average molecular weight is 496 g/mol. The van der Waals surface area contributed by atoms with Crippen LogP contribution >= 0.6 is 35.0 Å². The second-order valence-corrected chi connectivity index (χ2v) is 9.64. The summed E-state index contributed by atoms with van der Waals surface area (Å²) in [5.41, 5.74) is 3.15. The lowest BCUT2D eigenvalue weighted by molar-refractivity contribution is -0.139. The van der Waals surface area contributed by atoms with Gasteiger partial charge in [-0.1, -0.05) is 79.4 Å².